The molecule has 11 nitrogen and oxygen atoms in total. The molecular weight excluding hydrogens is 673 g/mol. The Balaban J connectivity index is 4.46. The fraction of sp³-hybridized carbons (Fsp3) is 0.769. The van der Waals surface area contributed by atoms with Crippen molar-refractivity contribution in [2.75, 3.05) is 19.8 Å². The number of aliphatic carboxylic acids is 1. The van der Waals surface area contributed by atoms with Crippen LogP contribution in [0.15, 0.2) is 36.5 Å². The van der Waals surface area contributed by atoms with Crippen LogP contribution in [0.5, 0.6) is 0 Å². The molecule has 0 fully saturated rings. The topological polar surface area (TPSA) is 172 Å². The molecule has 0 saturated heterocycles. The van der Waals surface area contributed by atoms with Gasteiger partial charge >= 0.3 is 25.7 Å². The van der Waals surface area contributed by atoms with Gasteiger partial charge in [0.2, 0.25) is 0 Å². The third-order valence-electron chi connectivity index (χ3n) is 8.15. The lowest BCUT2D eigenvalue weighted by atomic mass is 10.0. The summed E-state index contributed by atoms with van der Waals surface area (Å²) >= 11 is 0. The minimum absolute atomic E-state index is 0.143. The maximum absolute atomic E-state index is 12.6. The molecule has 0 aliphatic rings. The van der Waals surface area contributed by atoms with Gasteiger partial charge in [0.15, 0.2) is 6.10 Å². The largest absolute Gasteiger partial charge is 0.480 e. The highest BCUT2D eigenvalue weighted by Crippen LogP contribution is 2.43. The van der Waals surface area contributed by atoms with Crippen molar-refractivity contribution in [2.24, 2.45) is 5.73 Å². The second-order valence-corrected chi connectivity index (χ2v) is 14.5. The van der Waals surface area contributed by atoms with E-state index in [9.17, 15) is 23.8 Å². The molecule has 0 aliphatic heterocycles. The molecule has 0 bridgehead atoms. The monoisotopic (exact) mass is 743 g/mol. The number of carbonyl (C=O) groups is 3. The summed E-state index contributed by atoms with van der Waals surface area (Å²) in [5, 5.41) is 8.86. The maximum Gasteiger partial charge on any atom is 0.472 e. The van der Waals surface area contributed by atoms with Crippen LogP contribution < -0.4 is 5.73 Å². The number of unbranched alkanes of at least 4 members (excludes halogenated alkanes) is 16. The van der Waals surface area contributed by atoms with Gasteiger partial charge in [-0.1, -0.05) is 140 Å². The van der Waals surface area contributed by atoms with Crippen molar-refractivity contribution in [3.05, 3.63) is 36.5 Å². The van der Waals surface area contributed by atoms with Gasteiger partial charge in [-0.15, -0.1) is 0 Å². The molecule has 0 rings (SSSR count). The van der Waals surface area contributed by atoms with Crippen LogP contribution in [0, 0.1) is 0 Å². The number of esters is 2. The average molecular weight is 744 g/mol. The molecule has 51 heavy (non-hydrogen) atoms. The van der Waals surface area contributed by atoms with Crippen molar-refractivity contribution in [1.82, 2.24) is 0 Å². The summed E-state index contributed by atoms with van der Waals surface area (Å²) < 4.78 is 32.6. The highest BCUT2D eigenvalue weighted by Gasteiger charge is 2.28. The molecule has 0 aromatic carbocycles. The summed E-state index contributed by atoms with van der Waals surface area (Å²) in [6, 6.07) is -1.52. The Kier molecular flexibility index (Phi) is 33.2. The van der Waals surface area contributed by atoms with Crippen molar-refractivity contribution in [1.29, 1.82) is 0 Å². The van der Waals surface area contributed by atoms with Crippen LogP contribution in [0.3, 0.4) is 0 Å². The second kappa shape index (κ2) is 34.8. The highest BCUT2D eigenvalue weighted by atomic mass is 31.2. The quantitative estimate of drug-likeness (QED) is 0.0241. The van der Waals surface area contributed by atoms with Crippen LogP contribution in [0.1, 0.15) is 162 Å². The third kappa shape index (κ3) is 34.5. The van der Waals surface area contributed by atoms with Crippen LogP contribution in [-0.2, 0) is 37.5 Å². The maximum atomic E-state index is 12.6. The Morgan fingerprint density at radius 3 is 1.65 bits per heavy atom. The number of carbonyl (C=O) groups excluding carboxylic acids is 2. The molecule has 0 radical (unpaired) electrons. The molecule has 0 heterocycles. The first-order valence-corrected chi connectivity index (χ1v) is 21.0. The van der Waals surface area contributed by atoms with E-state index in [1.165, 1.54) is 51.4 Å². The van der Waals surface area contributed by atoms with E-state index in [0.29, 0.717) is 12.8 Å². The van der Waals surface area contributed by atoms with Gasteiger partial charge in [-0.2, -0.15) is 0 Å². The van der Waals surface area contributed by atoms with Crippen LogP contribution >= 0.6 is 7.82 Å². The van der Waals surface area contributed by atoms with Crippen LogP contribution in [0.4, 0.5) is 0 Å². The van der Waals surface area contributed by atoms with Crippen molar-refractivity contribution >= 4 is 25.7 Å². The first-order chi connectivity index (χ1) is 24.6. The van der Waals surface area contributed by atoms with Crippen molar-refractivity contribution in [3.63, 3.8) is 0 Å². The molecular formula is C39H70NO10P. The zero-order valence-electron chi connectivity index (χ0n) is 31.7. The van der Waals surface area contributed by atoms with Crippen molar-refractivity contribution in [2.45, 2.75) is 174 Å². The molecule has 4 N–H and O–H groups in total. The number of rotatable bonds is 36. The molecule has 3 atom stereocenters. The van der Waals surface area contributed by atoms with E-state index < -0.39 is 51.1 Å². The van der Waals surface area contributed by atoms with Gasteiger partial charge in [0.25, 0.3) is 0 Å². The van der Waals surface area contributed by atoms with Gasteiger partial charge in [0.05, 0.1) is 13.2 Å². The normalized spacial score (nSPS) is 14.3. The van der Waals surface area contributed by atoms with E-state index >= 15 is 0 Å². The van der Waals surface area contributed by atoms with Crippen LogP contribution in [0.25, 0.3) is 0 Å². The van der Waals surface area contributed by atoms with E-state index in [1.807, 2.05) is 0 Å². The first kappa shape index (κ1) is 48.7. The Bertz CT molecular complexity index is 1020. The lowest BCUT2D eigenvalue weighted by molar-refractivity contribution is -0.161. The molecule has 0 amide bonds. The van der Waals surface area contributed by atoms with Gasteiger partial charge in [-0.3, -0.25) is 23.4 Å². The molecule has 0 aromatic heterocycles. The summed E-state index contributed by atoms with van der Waals surface area (Å²) in [4.78, 5) is 45.8. The zero-order valence-corrected chi connectivity index (χ0v) is 32.6. The van der Waals surface area contributed by atoms with E-state index in [0.717, 1.165) is 70.6 Å². The first-order valence-electron chi connectivity index (χ1n) is 19.5. The summed E-state index contributed by atoms with van der Waals surface area (Å²) in [6.45, 7) is 2.65. The van der Waals surface area contributed by atoms with Crippen LogP contribution in [0.2, 0.25) is 0 Å². The van der Waals surface area contributed by atoms with Crippen LogP contribution in [-0.4, -0.2) is 59.9 Å². The van der Waals surface area contributed by atoms with Crippen molar-refractivity contribution in [3.8, 4) is 0 Å². The Morgan fingerprint density at radius 2 is 1.10 bits per heavy atom. The summed E-state index contributed by atoms with van der Waals surface area (Å²) in [7, 11) is -4.71. The standard InChI is InChI=1S/C39H70NO10P/c1-3-5-7-9-11-13-15-17-18-19-21-23-25-27-29-31-38(42)50-35(33-48-51(45,46)49-34-36(40)39(43)44)32-47-37(41)30-28-26-24-22-20-16-14-12-10-8-6-4-2/h5,7,11,13,17-18,35-36H,3-4,6,8-10,12,14-16,19-34,40H2,1-2H3,(H,43,44)(H,45,46)/b7-5+,13-11+,18-17+/t35-,36+/m1/s1. The van der Waals surface area contributed by atoms with E-state index in [2.05, 4.69) is 54.8 Å². The van der Waals surface area contributed by atoms with Gasteiger partial charge in [-0.25, -0.2) is 4.57 Å². The number of carboxylic acids is 1. The lowest BCUT2D eigenvalue weighted by Gasteiger charge is -2.20. The Morgan fingerprint density at radius 1 is 0.627 bits per heavy atom. The smallest absolute Gasteiger partial charge is 0.472 e. The number of allylic oxidation sites excluding steroid dienone is 6. The fourth-order valence-electron chi connectivity index (χ4n) is 5.08. The van der Waals surface area contributed by atoms with Crippen molar-refractivity contribution < 1.29 is 47.5 Å². The zero-order chi connectivity index (χ0) is 37.8. The summed E-state index contributed by atoms with van der Waals surface area (Å²) in [5.41, 5.74) is 5.31. The minimum Gasteiger partial charge on any atom is -0.480 e. The van der Waals surface area contributed by atoms with E-state index in [-0.39, 0.29) is 19.4 Å². The number of ether oxygens (including phenoxy) is 2. The number of phosphoric ester groups is 1. The summed E-state index contributed by atoms with van der Waals surface area (Å²) in [5.74, 6) is -2.40. The minimum atomic E-state index is -4.71. The molecule has 0 saturated carbocycles. The van der Waals surface area contributed by atoms with Gasteiger partial charge < -0.3 is 25.2 Å². The van der Waals surface area contributed by atoms with Gasteiger partial charge in [0.1, 0.15) is 12.6 Å². The number of hydrogen-bond donors (Lipinski definition) is 3. The molecule has 0 spiro atoms. The number of phosphoric acid groups is 1. The highest BCUT2D eigenvalue weighted by molar-refractivity contribution is 7.47. The number of carboxylic acid groups (broad SMARTS) is 1. The number of hydrogen-bond acceptors (Lipinski definition) is 9. The lowest BCUT2D eigenvalue weighted by Crippen LogP contribution is -2.34. The molecule has 296 valence electrons. The van der Waals surface area contributed by atoms with Gasteiger partial charge in [-0.05, 0) is 44.9 Å². The van der Waals surface area contributed by atoms with E-state index in [1.54, 1.807) is 0 Å². The predicted molar refractivity (Wildman–Crippen MR) is 203 cm³/mol. The molecule has 0 aliphatic carbocycles. The summed E-state index contributed by atoms with van der Waals surface area (Å²) in [6.07, 6.45) is 35.0. The average Bonchev–Trinajstić information content (AvgIpc) is 3.10. The Hall–Kier alpha value is -2.30. The van der Waals surface area contributed by atoms with E-state index in [4.69, 9.17) is 24.8 Å². The third-order valence-corrected chi connectivity index (χ3v) is 9.10. The molecule has 12 heteroatoms. The molecule has 1 unspecified atom stereocenters. The second-order valence-electron chi connectivity index (χ2n) is 13.0. The predicted octanol–water partition coefficient (Wildman–Crippen LogP) is 9.67. The SMILES string of the molecule is CC/C=C/C/C=C/C/C=C/CCCCCCCC(=O)O[C@H](COC(=O)CCCCCCCCCCCCCC)COP(=O)(O)OC[C@H](N)C(=O)O. The number of nitrogens with two attached hydrogens (primary N) is 1. The fourth-order valence-corrected chi connectivity index (χ4v) is 5.86. The molecule has 0 aromatic rings. The Labute approximate surface area is 308 Å². The van der Waals surface area contributed by atoms with Gasteiger partial charge in [0, 0.05) is 12.8 Å².